The van der Waals surface area contributed by atoms with Crippen LogP contribution in [-0.4, -0.2) is 18.1 Å². The molecule has 1 aliphatic carbocycles. The van der Waals surface area contributed by atoms with E-state index in [-0.39, 0.29) is 24.8 Å². The van der Waals surface area contributed by atoms with E-state index >= 15 is 0 Å². The molecule has 13 heavy (non-hydrogen) atoms. The largest absolute Gasteiger partial charge is 0.326 e. The minimum absolute atomic E-state index is 0. The third-order valence-electron chi connectivity index (χ3n) is 2.37. The topological polar surface area (TPSA) is 38.0 Å². The fourth-order valence-corrected chi connectivity index (χ4v) is 1.79. The summed E-state index contributed by atoms with van der Waals surface area (Å²) in [6, 6.07) is 1.54. The molecule has 0 saturated heterocycles. The summed E-state index contributed by atoms with van der Waals surface area (Å²) < 4.78 is 0. The molecule has 0 aromatic carbocycles. The van der Waals surface area contributed by atoms with Crippen molar-refractivity contribution >= 4 is 24.8 Å². The summed E-state index contributed by atoms with van der Waals surface area (Å²) >= 11 is 0. The number of nitrogens with two attached hydrogens (primary N) is 1. The van der Waals surface area contributed by atoms with Crippen LogP contribution in [-0.2, 0) is 0 Å². The number of hydrogen-bond acceptors (Lipinski definition) is 2. The van der Waals surface area contributed by atoms with Crippen LogP contribution in [0.25, 0.3) is 0 Å². The molecule has 0 aromatic rings. The second-order valence-electron chi connectivity index (χ2n) is 3.88. The number of hydrogen-bond donors (Lipinski definition) is 2. The standard InChI is InChI=1S/C9H20N2.2ClH/c1-7(2)11-9-6-4-3-5-8(9)10;;/h7-9,11H,3-6,10H2,1-2H3;2*1H/t8-,9-;;/m1../s1. The van der Waals surface area contributed by atoms with E-state index in [9.17, 15) is 0 Å². The predicted molar refractivity (Wildman–Crippen MR) is 63.0 cm³/mol. The molecule has 0 aliphatic heterocycles. The third-order valence-corrected chi connectivity index (χ3v) is 2.37. The van der Waals surface area contributed by atoms with Crippen molar-refractivity contribution in [3.63, 3.8) is 0 Å². The first-order chi connectivity index (χ1) is 5.20. The fourth-order valence-electron chi connectivity index (χ4n) is 1.79. The highest BCUT2D eigenvalue weighted by molar-refractivity contribution is 5.85. The van der Waals surface area contributed by atoms with Gasteiger partial charge in [0, 0.05) is 18.1 Å². The van der Waals surface area contributed by atoms with Gasteiger partial charge < -0.3 is 11.1 Å². The van der Waals surface area contributed by atoms with E-state index in [1.165, 1.54) is 25.7 Å². The van der Waals surface area contributed by atoms with E-state index in [1.54, 1.807) is 0 Å². The molecule has 0 spiro atoms. The quantitative estimate of drug-likeness (QED) is 0.761. The Kier molecular flexibility index (Phi) is 9.65. The lowest BCUT2D eigenvalue weighted by Crippen LogP contribution is -2.49. The van der Waals surface area contributed by atoms with Crippen LogP contribution in [0.4, 0.5) is 0 Å². The maximum atomic E-state index is 5.96. The zero-order valence-electron chi connectivity index (χ0n) is 8.45. The normalized spacial score (nSPS) is 27.7. The van der Waals surface area contributed by atoms with Crippen LogP contribution in [0.5, 0.6) is 0 Å². The zero-order valence-corrected chi connectivity index (χ0v) is 10.1. The maximum Gasteiger partial charge on any atom is 0.0221 e. The Morgan fingerprint density at radius 3 is 2.15 bits per heavy atom. The molecule has 1 fully saturated rings. The zero-order chi connectivity index (χ0) is 8.27. The van der Waals surface area contributed by atoms with Gasteiger partial charge in [-0.1, -0.05) is 26.7 Å². The molecular formula is C9H22Cl2N2. The number of halogens is 2. The van der Waals surface area contributed by atoms with Crippen LogP contribution in [0, 0.1) is 0 Å². The molecule has 0 radical (unpaired) electrons. The van der Waals surface area contributed by atoms with Gasteiger partial charge in [0.05, 0.1) is 0 Å². The van der Waals surface area contributed by atoms with E-state index in [0.717, 1.165) is 0 Å². The summed E-state index contributed by atoms with van der Waals surface area (Å²) in [4.78, 5) is 0. The van der Waals surface area contributed by atoms with Gasteiger partial charge in [0.25, 0.3) is 0 Å². The number of nitrogens with one attached hydrogen (secondary N) is 1. The van der Waals surface area contributed by atoms with Crippen molar-refractivity contribution in [1.29, 1.82) is 0 Å². The van der Waals surface area contributed by atoms with Crippen LogP contribution in [0.15, 0.2) is 0 Å². The van der Waals surface area contributed by atoms with Crippen molar-refractivity contribution in [3.8, 4) is 0 Å². The highest BCUT2D eigenvalue weighted by atomic mass is 35.5. The minimum atomic E-state index is 0. The van der Waals surface area contributed by atoms with Crippen molar-refractivity contribution in [2.24, 2.45) is 5.73 Å². The molecule has 0 unspecified atom stereocenters. The monoisotopic (exact) mass is 228 g/mol. The fraction of sp³-hybridized carbons (Fsp3) is 1.00. The summed E-state index contributed by atoms with van der Waals surface area (Å²) in [7, 11) is 0. The Morgan fingerprint density at radius 1 is 1.15 bits per heavy atom. The van der Waals surface area contributed by atoms with Crippen molar-refractivity contribution < 1.29 is 0 Å². The second-order valence-corrected chi connectivity index (χ2v) is 3.88. The molecule has 2 atom stereocenters. The van der Waals surface area contributed by atoms with Gasteiger partial charge in [0.15, 0.2) is 0 Å². The van der Waals surface area contributed by atoms with Crippen LogP contribution in [0.1, 0.15) is 39.5 Å². The lowest BCUT2D eigenvalue weighted by Gasteiger charge is -2.30. The van der Waals surface area contributed by atoms with Gasteiger partial charge in [0.2, 0.25) is 0 Å². The minimum Gasteiger partial charge on any atom is -0.326 e. The van der Waals surface area contributed by atoms with Crippen molar-refractivity contribution in [3.05, 3.63) is 0 Å². The Hall–Kier alpha value is 0.500. The Morgan fingerprint density at radius 2 is 1.69 bits per heavy atom. The second kappa shape index (κ2) is 7.86. The maximum absolute atomic E-state index is 5.96. The average Bonchev–Trinajstić information content (AvgIpc) is 1.93. The molecule has 4 heteroatoms. The molecule has 0 bridgehead atoms. The lowest BCUT2D eigenvalue weighted by atomic mass is 9.90. The SMILES string of the molecule is CC(C)N[C@@H]1CCCC[C@H]1N.Cl.Cl. The molecule has 2 nitrogen and oxygen atoms in total. The van der Waals surface area contributed by atoms with Crippen LogP contribution in [0.2, 0.25) is 0 Å². The van der Waals surface area contributed by atoms with E-state index < -0.39 is 0 Å². The third kappa shape index (κ3) is 5.74. The number of rotatable bonds is 2. The molecule has 0 heterocycles. The Bertz CT molecular complexity index is 120. The van der Waals surface area contributed by atoms with Crippen molar-refractivity contribution in [2.75, 3.05) is 0 Å². The van der Waals surface area contributed by atoms with Crippen LogP contribution >= 0.6 is 24.8 Å². The van der Waals surface area contributed by atoms with Crippen LogP contribution < -0.4 is 11.1 Å². The van der Waals surface area contributed by atoms with E-state index in [4.69, 9.17) is 5.73 Å². The van der Waals surface area contributed by atoms with Gasteiger partial charge in [-0.05, 0) is 12.8 Å². The summed E-state index contributed by atoms with van der Waals surface area (Å²) in [5, 5.41) is 3.51. The van der Waals surface area contributed by atoms with Gasteiger partial charge in [-0.3, -0.25) is 0 Å². The molecule has 0 aromatic heterocycles. The first-order valence-electron chi connectivity index (χ1n) is 4.72. The molecule has 1 aliphatic rings. The van der Waals surface area contributed by atoms with E-state index in [1.807, 2.05) is 0 Å². The van der Waals surface area contributed by atoms with Gasteiger partial charge in [-0.15, -0.1) is 24.8 Å². The van der Waals surface area contributed by atoms with Gasteiger partial charge in [0.1, 0.15) is 0 Å². The molecular weight excluding hydrogens is 207 g/mol. The summed E-state index contributed by atoms with van der Waals surface area (Å²) in [6.45, 7) is 4.36. The molecule has 82 valence electrons. The average molecular weight is 229 g/mol. The van der Waals surface area contributed by atoms with E-state index in [0.29, 0.717) is 18.1 Å². The lowest BCUT2D eigenvalue weighted by molar-refractivity contribution is 0.311. The first kappa shape index (κ1) is 15.9. The van der Waals surface area contributed by atoms with Gasteiger partial charge in [-0.25, -0.2) is 0 Å². The summed E-state index contributed by atoms with van der Waals surface area (Å²) in [6.07, 6.45) is 5.12. The molecule has 1 rings (SSSR count). The van der Waals surface area contributed by atoms with E-state index in [2.05, 4.69) is 19.2 Å². The molecule has 0 amide bonds. The highest BCUT2D eigenvalue weighted by Gasteiger charge is 2.21. The predicted octanol–water partition coefficient (Wildman–Crippen LogP) is 2.10. The first-order valence-corrected chi connectivity index (χ1v) is 4.72. The van der Waals surface area contributed by atoms with Crippen molar-refractivity contribution in [1.82, 2.24) is 5.32 Å². The van der Waals surface area contributed by atoms with Gasteiger partial charge in [-0.2, -0.15) is 0 Å². The van der Waals surface area contributed by atoms with Gasteiger partial charge >= 0.3 is 0 Å². The highest BCUT2D eigenvalue weighted by Crippen LogP contribution is 2.16. The smallest absolute Gasteiger partial charge is 0.0221 e. The molecule has 1 saturated carbocycles. The molecule has 3 N–H and O–H groups in total. The Balaban J connectivity index is 0. The summed E-state index contributed by atoms with van der Waals surface area (Å²) in [5.74, 6) is 0. The Labute approximate surface area is 93.8 Å². The summed E-state index contributed by atoms with van der Waals surface area (Å²) in [5.41, 5.74) is 5.96. The van der Waals surface area contributed by atoms with Crippen LogP contribution in [0.3, 0.4) is 0 Å². The van der Waals surface area contributed by atoms with Crippen molar-refractivity contribution in [2.45, 2.75) is 57.7 Å².